The number of hydrogen-bond donors (Lipinski definition) is 2. The van der Waals surface area contributed by atoms with E-state index in [9.17, 15) is 17.6 Å². The minimum Gasteiger partial charge on any atom is -0.356 e. The number of benzene rings is 1. The Kier molecular flexibility index (Phi) is 8.15. The van der Waals surface area contributed by atoms with Crippen molar-refractivity contribution in [2.24, 2.45) is 4.99 Å². The van der Waals surface area contributed by atoms with Crippen LogP contribution in [0.3, 0.4) is 0 Å². The molecule has 1 rings (SSSR count). The van der Waals surface area contributed by atoms with Crippen molar-refractivity contribution in [2.45, 2.75) is 32.5 Å². The summed E-state index contributed by atoms with van der Waals surface area (Å²) in [5, 5.41) is 6.19. The second kappa shape index (κ2) is 9.60. The largest absolute Gasteiger partial charge is 0.401 e. The van der Waals surface area contributed by atoms with E-state index in [1.165, 1.54) is 18.0 Å². The Hall–Kier alpha value is -1.83. The molecule has 1 aromatic rings. The first-order chi connectivity index (χ1) is 11.6. The van der Waals surface area contributed by atoms with Gasteiger partial charge >= 0.3 is 6.18 Å². The summed E-state index contributed by atoms with van der Waals surface area (Å²) in [7, 11) is 3.04. The molecule has 25 heavy (non-hydrogen) atoms. The highest BCUT2D eigenvalue weighted by molar-refractivity contribution is 5.80. The molecule has 2 N–H and O–H groups in total. The number of aryl methyl sites for hydroxylation is 1. The number of guanidine groups is 1. The van der Waals surface area contributed by atoms with Gasteiger partial charge in [0, 0.05) is 13.6 Å². The van der Waals surface area contributed by atoms with Gasteiger partial charge in [0.15, 0.2) is 5.96 Å². The zero-order valence-electron chi connectivity index (χ0n) is 15.0. The van der Waals surface area contributed by atoms with Crippen LogP contribution < -0.4 is 10.6 Å². The van der Waals surface area contributed by atoms with Gasteiger partial charge in [0.05, 0.1) is 12.6 Å². The Morgan fingerprint density at radius 2 is 2.00 bits per heavy atom. The molecule has 0 spiro atoms. The van der Waals surface area contributed by atoms with Crippen molar-refractivity contribution in [2.75, 3.05) is 33.7 Å². The molecule has 1 atom stereocenters. The van der Waals surface area contributed by atoms with Gasteiger partial charge in [0.1, 0.15) is 5.82 Å². The molecule has 142 valence electrons. The molecule has 0 amide bonds. The highest BCUT2D eigenvalue weighted by Gasteiger charge is 2.28. The van der Waals surface area contributed by atoms with Crippen LogP contribution in [0.5, 0.6) is 0 Å². The molecule has 0 aliphatic rings. The second-order valence-electron chi connectivity index (χ2n) is 6.08. The van der Waals surface area contributed by atoms with Crippen LogP contribution >= 0.6 is 0 Å². The van der Waals surface area contributed by atoms with Crippen LogP contribution in [-0.4, -0.2) is 50.8 Å². The van der Waals surface area contributed by atoms with E-state index in [4.69, 9.17) is 0 Å². The molecular formula is C17H26F4N4. The molecule has 0 aliphatic heterocycles. The minimum absolute atomic E-state index is 0.158. The van der Waals surface area contributed by atoms with E-state index >= 15 is 0 Å². The molecule has 0 saturated carbocycles. The second-order valence-corrected chi connectivity index (χ2v) is 6.08. The molecule has 0 saturated heterocycles. The zero-order chi connectivity index (χ0) is 19.0. The molecule has 1 unspecified atom stereocenters. The average molecular weight is 362 g/mol. The Balaban J connectivity index is 2.40. The van der Waals surface area contributed by atoms with Crippen molar-refractivity contribution in [1.82, 2.24) is 15.5 Å². The molecule has 1 aromatic carbocycles. The number of halogens is 4. The van der Waals surface area contributed by atoms with Gasteiger partial charge in [-0.1, -0.05) is 12.1 Å². The average Bonchev–Trinajstić information content (AvgIpc) is 2.51. The number of nitrogens with zero attached hydrogens (tertiary/aromatic N) is 2. The van der Waals surface area contributed by atoms with Crippen LogP contribution in [0.2, 0.25) is 0 Å². The van der Waals surface area contributed by atoms with Gasteiger partial charge in [-0.3, -0.25) is 9.89 Å². The van der Waals surface area contributed by atoms with Gasteiger partial charge in [-0.15, -0.1) is 0 Å². The zero-order valence-corrected chi connectivity index (χ0v) is 15.0. The Labute approximate surface area is 146 Å². The van der Waals surface area contributed by atoms with Gasteiger partial charge in [0.2, 0.25) is 0 Å². The molecule has 0 aromatic heterocycles. The molecule has 4 nitrogen and oxygen atoms in total. The van der Waals surface area contributed by atoms with E-state index < -0.39 is 12.7 Å². The van der Waals surface area contributed by atoms with Crippen LogP contribution in [0.25, 0.3) is 0 Å². The van der Waals surface area contributed by atoms with Crippen molar-refractivity contribution in [3.63, 3.8) is 0 Å². The monoisotopic (exact) mass is 362 g/mol. The lowest BCUT2D eigenvalue weighted by Gasteiger charge is -2.20. The van der Waals surface area contributed by atoms with Crippen LogP contribution in [0.1, 0.15) is 30.5 Å². The maximum absolute atomic E-state index is 13.6. The minimum atomic E-state index is -4.18. The van der Waals surface area contributed by atoms with Crippen LogP contribution in [-0.2, 0) is 0 Å². The maximum atomic E-state index is 13.6. The summed E-state index contributed by atoms with van der Waals surface area (Å²) in [6, 6.07) is 4.88. The molecule has 0 radical (unpaired) electrons. The lowest BCUT2D eigenvalue weighted by atomic mass is 10.1. The summed E-state index contributed by atoms with van der Waals surface area (Å²) < 4.78 is 50.4. The highest BCUT2D eigenvalue weighted by atomic mass is 19.4. The SMILES string of the molecule is CN=C(NCCCN(C)CC(F)(F)F)NC(C)c1ccc(C)c(F)c1. The number of hydrogen-bond acceptors (Lipinski definition) is 2. The first-order valence-corrected chi connectivity index (χ1v) is 8.11. The first-order valence-electron chi connectivity index (χ1n) is 8.11. The molecule has 0 fully saturated rings. The third-order valence-corrected chi connectivity index (χ3v) is 3.73. The normalized spacial score (nSPS) is 13.9. The van der Waals surface area contributed by atoms with Gasteiger partial charge in [0.25, 0.3) is 0 Å². The van der Waals surface area contributed by atoms with E-state index in [1.807, 2.05) is 13.0 Å². The van der Waals surface area contributed by atoms with Crippen molar-refractivity contribution >= 4 is 5.96 Å². The van der Waals surface area contributed by atoms with E-state index in [2.05, 4.69) is 15.6 Å². The molecule has 0 heterocycles. The van der Waals surface area contributed by atoms with E-state index in [0.29, 0.717) is 31.0 Å². The van der Waals surface area contributed by atoms with Gasteiger partial charge in [-0.25, -0.2) is 4.39 Å². The Morgan fingerprint density at radius 1 is 1.32 bits per heavy atom. The smallest absolute Gasteiger partial charge is 0.356 e. The predicted molar refractivity (Wildman–Crippen MR) is 92.2 cm³/mol. The summed E-state index contributed by atoms with van der Waals surface area (Å²) >= 11 is 0. The van der Waals surface area contributed by atoms with Gasteiger partial charge in [-0.05, 0) is 51.1 Å². The maximum Gasteiger partial charge on any atom is 0.401 e. The van der Waals surface area contributed by atoms with Gasteiger partial charge in [-0.2, -0.15) is 13.2 Å². The van der Waals surface area contributed by atoms with Crippen molar-refractivity contribution < 1.29 is 17.6 Å². The van der Waals surface area contributed by atoms with Crippen molar-refractivity contribution in [1.29, 1.82) is 0 Å². The molecule has 0 aliphatic carbocycles. The van der Waals surface area contributed by atoms with Crippen LogP contribution in [0.15, 0.2) is 23.2 Å². The highest BCUT2D eigenvalue weighted by Crippen LogP contribution is 2.16. The Morgan fingerprint density at radius 3 is 2.56 bits per heavy atom. The van der Waals surface area contributed by atoms with Crippen LogP contribution in [0.4, 0.5) is 17.6 Å². The lowest BCUT2D eigenvalue weighted by Crippen LogP contribution is -2.40. The van der Waals surface area contributed by atoms with E-state index in [-0.39, 0.29) is 11.9 Å². The number of nitrogens with one attached hydrogen (secondary N) is 2. The van der Waals surface area contributed by atoms with Crippen molar-refractivity contribution in [3.8, 4) is 0 Å². The van der Waals surface area contributed by atoms with E-state index in [1.54, 1.807) is 20.0 Å². The Bertz CT molecular complexity index is 572. The number of aliphatic imine (C=N–C) groups is 1. The fourth-order valence-electron chi connectivity index (χ4n) is 2.30. The summed E-state index contributed by atoms with van der Waals surface area (Å²) in [5.74, 6) is 0.258. The summed E-state index contributed by atoms with van der Waals surface area (Å²) in [6.07, 6.45) is -3.64. The lowest BCUT2D eigenvalue weighted by molar-refractivity contribution is -0.143. The summed E-state index contributed by atoms with van der Waals surface area (Å²) in [4.78, 5) is 5.31. The summed E-state index contributed by atoms with van der Waals surface area (Å²) in [5.41, 5.74) is 1.37. The molecule has 0 bridgehead atoms. The number of rotatable bonds is 7. The fourth-order valence-corrected chi connectivity index (χ4v) is 2.30. The fraction of sp³-hybridized carbons (Fsp3) is 0.588. The number of alkyl halides is 3. The topological polar surface area (TPSA) is 39.7 Å². The third kappa shape index (κ3) is 8.20. The van der Waals surface area contributed by atoms with Gasteiger partial charge < -0.3 is 10.6 Å². The standard InChI is InChI=1S/C17H26F4N4/c1-12-6-7-14(10-15(12)18)13(2)24-16(22-3)23-8-5-9-25(4)11-17(19,20)21/h6-7,10,13H,5,8-9,11H2,1-4H3,(H2,22,23,24). The summed E-state index contributed by atoms with van der Waals surface area (Å²) in [6.45, 7) is 3.47. The van der Waals surface area contributed by atoms with Crippen molar-refractivity contribution in [3.05, 3.63) is 35.1 Å². The predicted octanol–water partition coefficient (Wildman–Crippen LogP) is 3.24. The van der Waals surface area contributed by atoms with Crippen LogP contribution in [0, 0.1) is 12.7 Å². The molecule has 8 heteroatoms. The first kappa shape index (κ1) is 21.2. The third-order valence-electron chi connectivity index (χ3n) is 3.73. The van der Waals surface area contributed by atoms with E-state index in [0.717, 1.165) is 5.56 Å². The quantitative estimate of drug-likeness (QED) is 0.339. The molecular weight excluding hydrogens is 336 g/mol.